The fourth-order valence-corrected chi connectivity index (χ4v) is 3.20. The Bertz CT molecular complexity index is 742. The van der Waals surface area contributed by atoms with Crippen LogP contribution >= 0.6 is 0 Å². The van der Waals surface area contributed by atoms with Gasteiger partial charge in [-0.1, -0.05) is 0 Å². The van der Waals surface area contributed by atoms with Crippen LogP contribution < -0.4 is 5.63 Å². The second-order valence-corrected chi connectivity index (χ2v) is 6.13. The molecule has 2 unspecified atom stereocenters. The minimum absolute atomic E-state index is 0.140. The maximum absolute atomic E-state index is 11.8. The summed E-state index contributed by atoms with van der Waals surface area (Å²) >= 11 is 0. The molecule has 1 saturated heterocycles. The molecule has 0 bridgehead atoms. The Labute approximate surface area is 129 Å². The van der Waals surface area contributed by atoms with Gasteiger partial charge in [0, 0.05) is 36.7 Å². The quantitative estimate of drug-likeness (QED) is 0.863. The van der Waals surface area contributed by atoms with Crippen LogP contribution in [0.1, 0.15) is 25.0 Å². The molecule has 1 N–H and O–H groups in total. The Morgan fingerprint density at radius 1 is 1.27 bits per heavy atom. The molecule has 1 aromatic carbocycles. The first-order valence-electron chi connectivity index (χ1n) is 7.57. The molecule has 0 radical (unpaired) electrons. The van der Waals surface area contributed by atoms with Crippen molar-refractivity contribution >= 4 is 11.0 Å². The number of phenolic OH excluding ortho intramolecular Hbond substituents is 1. The van der Waals surface area contributed by atoms with E-state index in [9.17, 15) is 9.90 Å². The molecule has 2 atom stereocenters. The number of phenols is 1. The lowest BCUT2D eigenvalue weighted by Gasteiger charge is -2.35. The van der Waals surface area contributed by atoms with E-state index in [1.54, 1.807) is 19.1 Å². The Kier molecular flexibility index (Phi) is 3.93. The van der Waals surface area contributed by atoms with Gasteiger partial charge in [0.25, 0.3) is 0 Å². The molecule has 2 heterocycles. The normalized spacial score (nSPS) is 23.0. The molecule has 0 spiro atoms. The number of hydrogen-bond acceptors (Lipinski definition) is 5. The molecule has 0 saturated carbocycles. The molecule has 1 aliphatic heterocycles. The standard InChI is InChI=1S/C17H21NO4/c1-10-7-18(8-11(2)21-10)9-13-6-16(20)22-17-12(3)15(19)5-4-14(13)17/h4-6,10-11,19H,7-9H2,1-3H3. The Hall–Kier alpha value is -1.85. The lowest BCUT2D eigenvalue weighted by atomic mass is 10.1. The minimum Gasteiger partial charge on any atom is -0.508 e. The van der Waals surface area contributed by atoms with Gasteiger partial charge in [-0.15, -0.1) is 0 Å². The van der Waals surface area contributed by atoms with Gasteiger partial charge in [0.1, 0.15) is 11.3 Å². The van der Waals surface area contributed by atoms with Crippen LogP contribution in [0.5, 0.6) is 5.75 Å². The smallest absolute Gasteiger partial charge is 0.336 e. The van der Waals surface area contributed by atoms with Crippen LogP contribution in [-0.2, 0) is 11.3 Å². The van der Waals surface area contributed by atoms with Gasteiger partial charge in [0.05, 0.1) is 12.2 Å². The molecule has 2 aromatic rings. The van der Waals surface area contributed by atoms with E-state index in [2.05, 4.69) is 18.7 Å². The fraction of sp³-hybridized carbons (Fsp3) is 0.471. The summed E-state index contributed by atoms with van der Waals surface area (Å²) in [5.74, 6) is 0.140. The summed E-state index contributed by atoms with van der Waals surface area (Å²) in [6.07, 6.45) is 0.363. The van der Waals surface area contributed by atoms with E-state index in [-0.39, 0.29) is 23.6 Å². The molecule has 118 valence electrons. The van der Waals surface area contributed by atoms with Gasteiger partial charge >= 0.3 is 5.63 Å². The van der Waals surface area contributed by atoms with Crippen molar-refractivity contribution in [1.29, 1.82) is 0 Å². The summed E-state index contributed by atoms with van der Waals surface area (Å²) in [5, 5.41) is 10.7. The van der Waals surface area contributed by atoms with Crippen LogP contribution in [0, 0.1) is 6.92 Å². The van der Waals surface area contributed by atoms with E-state index in [0.717, 1.165) is 24.0 Å². The van der Waals surface area contributed by atoms with Crippen molar-refractivity contribution in [3.8, 4) is 5.75 Å². The van der Waals surface area contributed by atoms with Crippen LogP contribution in [0.3, 0.4) is 0 Å². The number of benzene rings is 1. The highest BCUT2D eigenvalue weighted by atomic mass is 16.5. The summed E-state index contributed by atoms with van der Waals surface area (Å²) in [4.78, 5) is 14.1. The van der Waals surface area contributed by atoms with Crippen LogP contribution in [-0.4, -0.2) is 35.3 Å². The second-order valence-electron chi connectivity index (χ2n) is 6.13. The first-order valence-corrected chi connectivity index (χ1v) is 7.57. The Morgan fingerprint density at radius 3 is 2.64 bits per heavy atom. The van der Waals surface area contributed by atoms with E-state index in [4.69, 9.17) is 9.15 Å². The highest BCUT2D eigenvalue weighted by Gasteiger charge is 2.23. The minimum atomic E-state index is -0.384. The zero-order valence-electron chi connectivity index (χ0n) is 13.1. The van der Waals surface area contributed by atoms with Crippen molar-refractivity contribution in [1.82, 2.24) is 4.90 Å². The third-order valence-corrected chi connectivity index (χ3v) is 4.11. The number of hydrogen-bond donors (Lipinski definition) is 1. The molecule has 1 aromatic heterocycles. The maximum Gasteiger partial charge on any atom is 0.336 e. The number of nitrogens with zero attached hydrogens (tertiary/aromatic N) is 1. The van der Waals surface area contributed by atoms with E-state index in [1.165, 1.54) is 0 Å². The molecule has 1 fully saturated rings. The lowest BCUT2D eigenvalue weighted by Crippen LogP contribution is -2.44. The topological polar surface area (TPSA) is 62.9 Å². The first-order chi connectivity index (χ1) is 10.4. The van der Waals surface area contributed by atoms with Crippen molar-refractivity contribution in [3.05, 3.63) is 39.7 Å². The fourth-order valence-electron chi connectivity index (χ4n) is 3.20. The zero-order valence-corrected chi connectivity index (χ0v) is 13.1. The summed E-state index contributed by atoms with van der Waals surface area (Å²) < 4.78 is 11.0. The number of rotatable bonds is 2. The summed E-state index contributed by atoms with van der Waals surface area (Å²) in [6.45, 7) is 8.21. The maximum atomic E-state index is 11.8. The van der Waals surface area contributed by atoms with Crippen molar-refractivity contribution in [2.24, 2.45) is 0 Å². The highest BCUT2D eigenvalue weighted by Crippen LogP contribution is 2.28. The van der Waals surface area contributed by atoms with Gasteiger partial charge in [-0.2, -0.15) is 0 Å². The SMILES string of the molecule is Cc1c(O)ccc2c(CN3CC(C)OC(C)C3)cc(=O)oc12. The van der Waals surface area contributed by atoms with Crippen molar-refractivity contribution < 1.29 is 14.3 Å². The third kappa shape index (κ3) is 2.87. The van der Waals surface area contributed by atoms with Gasteiger partial charge < -0.3 is 14.3 Å². The Balaban J connectivity index is 2.00. The first kappa shape index (κ1) is 15.1. The van der Waals surface area contributed by atoms with E-state index in [1.807, 2.05) is 6.07 Å². The molecule has 0 aliphatic carbocycles. The zero-order chi connectivity index (χ0) is 15.9. The molecule has 3 rings (SSSR count). The number of fused-ring (bicyclic) bond motifs is 1. The molecule has 5 heteroatoms. The summed E-state index contributed by atoms with van der Waals surface area (Å²) in [6, 6.07) is 5.00. The summed E-state index contributed by atoms with van der Waals surface area (Å²) in [7, 11) is 0. The Morgan fingerprint density at radius 2 is 1.95 bits per heavy atom. The van der Waals surface area contributed by atoms with Crippen molar-refractivity contribution in [2.75, 3.05) is 13.1 Å². The molecule has 5 nitrogen and oxygen atoms in total. The number of morpholine rings is 1. The van der Waals surface area contributed by atoms with Crippen molar-refractivity contribution in [3.63, 3.8) is 0 Å². The molecule has 1 aliphatic rings. The third-order valence-electron chi connectivity index (χ3n) is 4.11. The van der Waals surface area contributed by atoms with Gasteiger partial charge in [0.15, 0.2) is 0 Å². The monoisotopic (exact) mass is 303 g/mol. The largest absolute Gasteiger partial charge is 0.508 e. The predicted molar refractivity (Wildman–Crippen MR) is 84.2 cm³/mol. The van der Waals surface area contributed by atoms with Crippen LogP contribution in [0.2, 0.25) is 0 Å². The van der Waals surface area contributed by atoms with E-state index in [0.29, 0.717) is 17.7 Å². The predicted octanol–water partition coefficient (Wildman–Crippen LogP) is 2.42. The van der Waals surface area contributed by atoms with Gasteiger partial charge in [-0.3, -0.25) is 4.90 Å². The van der Waals surface area contributed by atoms with E-state index >= 15 is 0 Å². The van der Waals surface area contributed by atoms with Crippen molar-refractivity contribution in [2.45, 2.75) is 39.5 Å². The average Bonchev–Trinajstić information content (AvgIpc) is 2.42. The number of aromatic hydroxyl groups is 1. The average molecular weight is 303 g/mol. The number of aryl methyl sites for hydroxylation is 1. The molecule has 0 amide bonds. The number of ether oxygens (including phenoxy) is 1. The highest BCUT2D eigenvalue weighted by molar-refractivity contribution is 5.84. The lowest BCUT2D eigenvalue weighted by molar-refractivity contribution is -0.0704. The molecule has 22 heavy (non-hydrogen) atoms. The van der Waals surface area contributed by atoms with Gasteiger partial charge in [0.2, 0.25) is 0 Å². The summed E-state index contributed by atoms with van der Waals surface area (Å²) in [5.41, 5.74) is 1.61. The van der Waals surface area contributed by atoms with E-state index < -0.39 is 0 Å². The van der Waals surface area contributed by atoms with Crippen LogP contribution in [0.4, 0.5) is 0 Å². The molecular formula is C17H21NO4. The second kappa shape index (κ2) is 5.74. The van der Waals surface area contributed by atoms with Crippen LogP contribution in [0.25, 0.3) is 11.0 Å². The van der Waals surface area contributed by atoms with Gasteiger partial charge in [-0.25, -0.2) is 4.79 Å². The van der Waals surface area contributed by atoms with Gasteiger partial charge in [-0.05, 0) is 38.5 Å². The molecular weight excluding hydrogens is 282 g/mol. The van der Waals surface area contributed by atoms with Crippen LogP contribution in [0.15, 0.2) is 27.4 Å².